The van der Waals surface area contributed by atoms with E-state index in [0.717, 1.165) is 67.1 Å². The summed E-state index contributed by atoms with van der Waals surface area (Å²) in [5, 5.41) is 9.49. The van der Waals surface area contributed by atoms with Gasteiger partial charge in [-0.2, -0.15) is 5.26 Å². The first-order valence-corrected chi connectivity index (χ1v) is 11.5. The zero-order valence-corrected chi connectivity index (χ0v) is 17.4. The van der Waals surface area contributed by atoms with Crippen LogP contribution < -0.4 is 5.73 Å². The molecule has 1 saturated heterocycles. The van der Waals surface area contributed by atoms with Crippen molar-refractivity contribution in [2.24, 2.45) is 11.7 Å². The third-order valence-corrected chi connectivity index (χ3v) is 7.47. The van der Waals surface area contributed by atoms with E-state index < -0.39 is 5.82 Å². The summed E-state index contributed by atoms with van der Waals surface area (Å²) in [6.45, 7) is 0.783. The summed E-state index contributed by atoms with van der Waals surface area (Å²) in [5.41, 5.74) is 8.10. The van der Waals surface area contributed by atoms with Crippen LogP contribution in [0.4, 0.5) is 4.39 Å². The van der Waals surface area contributed by atoms with Crippen molar-refractivity contribution < 1.29 is 9.13 Å². The standard InChI is InChI=1S/C24H27FN2OS/c25-23-13-17(5-6-18(23)15-26)22-14-21(12-16-3-7-19(27)8-4-16)29-24(22)10-9-20-2-1-11-28-20/h5-6,13,16,19-21H,1-4,7-8,11-12,14,27H2. The van der Waals surface area contributed by atoms with Crippen LogP contribution in [0.2, 0.25) is 0 Å². The highest BCUT2D eigenvalue weighted by Crippen LogP contribution is 2.46. The Hall–Kier alpha value is -1.79. The van der Waals surface area contributed by atoms with Crippen molar-refractivity contribution in [2.75, 3.05) is 6.61 Å². The summed E-state index contributed by atoms with van der Waals surface area (Å²) < 4.78 is 19.9. The number of hydrogen-bond donors (Lipinski definition) is 1. The van der Waals surface area contributed by atoms with Crippen LogP contribution in [0.1, 0.15) is 62.5 Å². The molecule has 1 aromatic rings. The molecule has 0 spiro atoms. The highest BCUT2D eigenvalue weighted by atomic mass is 32.2. The van der Waals surface area contributed by atoms with Gasteiger partial charge in [0.2, 0.25) is 0 Å². The molecular formula is C24H27FN2OS. The minimum absolute atomic E-state index is 0.0148. The van der Waals surface area contributed by atoms with Crippen LogP contribution >= 0.6 is 11.8 Å². The quantitative estimate of drug-likeness (QED) is 0.712. The van der Waals surface area contributed by atoms with Gasteiger partial charge in [-0.1, -0.05) is 17.9 Å². The lowest BCUT2D eigenvalue weighted by molar-refractivity contribution is 0.152. The zero-order chi connectivity index (χ0) is 20.2. The number of allylic oxidation sites excluding steroid dienone is 2. The van der Waals surface area contributed by atoms with Gasteiger partial charge >= 0.3 is 0 Å². The number of ether oxygens (including phenoxy) is 1. The van der Waals surface area contributed by atoms with Gasteiger partial charge in [-0.05, 0) is 80.6 Å². The molecule has 1 saturated carbocycles. The third kappa shape index (κ3) is 5.04. The second-order valence-electron chi connectivity index (χ2n) is 8.35. The molecule has 0 radical (unpaired) electrons. The second-order valence-corrected chi connectivity index (χ2v) is 9.66. The van der Waals surface area contributed by atoms with Crippen molar-refractivity contribution in [3.8, 4) is 17.9 Å². The fraction of sp³-hybridized carbons (Fsp3) is 0.542. The Morgan fingerprint density at radius 3 is 2.72 bits per heavy atom. The van der Waals surface area contributed by atoms with Crippen molar-refractivity contribution in [1.82, 2.24) is 0 Å². The minimum Gasteiger partial charge on any atom is -0.366 e. The largest absolute Gasteiger partial charge is 0.366 e. The van der Waals surface area contributed by atoms with Gasteiger partial charge in [0, 0.05) is 17.9 Å². The molecule has 2 atom stereocenters. The lowest BCUT2D eigenvalue weighted by Crippen LogP contribution is -2.27. The van der Waals surface area contributed by atoms with Crippen LogP contribution in [0.3, 0.4) is 0 Å². The molecule has 3 nitrogen and oxygen atoms in total. The number of thioether (sulfide) groups is 1. The van der Waals surface area contributed by atoms with Gasteiger partial charge in [-0.15, -0.1) is 11.8 Å². The van der Waals surface area contributed by atoms with E-state index >= 15 is 0 Å². The van der Waals surface area contributed by atoms with Crippen LogP contribution in [0.5, 0.6) is 0 Å². The van der Waals surface area contributed by atoms with E-state index in [1.165, 1.54) is 18.9 Å². The second kappa shape index (κ2) is 9.35. The van der Waals surface area contributed by atoms with Crippen LogP contribution in [-0.4, -0.2) is 24.0 Å². The number of halogens is 1. The molecule has 1 aliphatic carbocycles. The summed E-state index contributed by atoms with van der Waals surface area (Å²) in [6, 6.07) is 7.19. The Morgan fingerprint density at radius 2 is 2.03 bits per heavy atom. The number of nitrogens with two attached hydrogens (primary N) is 1. The molecule has 2 fully saturated rings. The molecule has 0 amide bonds. The minimum atomic E-state index is -0.460. The predicted molar refractivity (Wildman–Crippen MR) is 115 cm³/mol. The fourth-order valence-electron chi connectivity index (χ4n) is 4.51. The fourth-order valence-corrected chi connectivity index (χ4v) is 5.92. The van der Waals surface area contributed by atoms with Gasteiger partial charge in [-0.3, -0.25) is 0 Å². The van der Waals surface area contributed by atoms with Crippen molar-refractivity contribution in [3.63, 3.8) is 0 Å². The molecule has 29 heavy (non-hydrogen) atoms. The van der Waals surface area contributed by atoms with Crippen LogP contribution in [0.15, 0.2) is 23.1 Å². The number of rotatable bonds is 3. The van der Waals surface area contributed by atoms with Crippen molar-refractivity contribution in [2.45, 2.75) is 68.8 Å². The van der Waals surface area contributed by atoms with Gasteiger partial charge in [0.05, 0.1) is 10.5 Å². The van der Waals surface area contributed by atoms with E-state index in [4.69, 9.17) is 15.7 Å². The molecule has 2 aliphatic heterocycles. The van der Waals surface area contributed by atoms with E-state index in [9.17, 15) is 4.39 Å². The predicted octanol–water partition coefficient (Wildman–Crippen LogP) is 5.00. The molecule has 5 heteroatoms. The highest BCUT2D eigenvalue weighted by molar-refractivity contribution is 8.04. The van der Waals surface area contributed by atoms with Gasteiger partial charge in [0.1, 0.15) is 18.0 Å². The van der Waals surface area contributed by atoms with E-state index in [0.29, 0.717) is 11.3 Å². The Kier molecular flexibility index (Phi) is 6.60. The normalized spacial score (nSPS) is 29.4. The monoisotopic (exact) mass is 410 g/mol. The average Bonchev–Trinajstić information content (AvgIpc) is 3.38. The molecule has 152 valence electrons. The Labute approximate surface area is 176 Å². The van der Waals surface area contributed by atoms with Crippen molar-refractivity contribution in [3.05, 3.63) is 40.0 Å². The van der Waals surface area contributed by atoms with Crippen LogP contribution in [-0.2, 0) is 4.74 Å². The number of nitriles is 1. The third-order valence-electron chi connectivity index (χ3n) is 6.19. The molecule has 0 bridgehead atoms. The van der Waals surface area contributed by atoms with E-state index in [1.54, 1.807) is 6.07 Å². The first-order chi connectivity index (χ1) is 14.1. The maximum Gasteiger partial charge on any atom is 0.141 e. The molecule has 3 aliphatic rings. The Bertz CT molecular complexity index is 880. The van der Waals surface area contributed by atoms with Gasteiger partial charge in [-0.25, -0.2) is 4.39 Å². The maximum atomic E-state index is 14.2. The summed E-state index contributed by atoms with van der Waals surface area (Å²) in [7, 11) is 0. The van der Waals surface area contributed by atoms with Gasteiger partial charge in [0.25, 0.3) is 0 Å². The van der Waals surface area contributed by atoms with Crippen molar-refractivity contribution >= 4 is 17.3 Å². The topological polar surface area (TPSA) is 59.0 Å². The van der Waals surface area contributed by atoms with Crippen LogP contribution in [0, 0.1) is 34.9 Å². The summed E-state index contributed by atoms with van der Waals surface area (Å²) in [6.07, 6.45) is 8.76. The molecule has 4 rings (SSSR count). The van der Waals surface area contributed by atoms with E-state index in [1.807, 2.05) is 23.9 Å². The Balaban J connectivity index is 1.54. The average molecular weight is 411 g/mol. The zero-order valence-electron chi connectivity index (χ0n) is 16.6. The number of benzene rings is 1. The molecule has 0 aromatic heterocycles. The lowest BCUT2D eigenvalue weighted by atomic mass is 9.83. The SMILES string of the molecule is N#Cc1ccc(C2=C(C#CC3CCCO3)SC(CC3CCC(N)CC3)C2)cc1F. The first-order valence-electron chi connectivity index (χ1n) is 10.6. The van der Waals surface area contributed by atoms with Gasteiger partial charge in [0.15, 0.2) is 0 Å². The molecule has 2 N–H and O–H groups in total. The molecule has 2 heterocycles. The molecule has 1 aromatic carbocycles. The van der Waals surface area contributed by atoms with E-state index in [2.05, 4.69) is 11.8 Å². The summed E-state index contributed by atoms with van der Waals surface area (Å²) in [5.74, 6) is 6.89. The van der Waals surface area contributed by atoms with E-state index in [-0.39, 0.29) is 11.7 Å². The molecular weight excluding hydrogens is 383 g/mol. The molecule has 2 unspecified atom stereocenters. The first kappa shape index (κ1) is 20.5. The number of hydrogen-bond acceptors (Lipinski definition) is 4. The van der Waals surface area contributed by atoms with Crippen LogP contribution in [0.25, 0.3) is 5.57 Å². The summed E-state index contributed by atoms with van der Waals surface area (Å²) >= 11 is 1.84. The highest BCUT2D eigenvalue weighted by Gasteiger charge is 2.29. The van der Waals surface area contributed by atoms with Crippen molar-refractivity contribution in [1.29, 1.82) is 5.26 Å². The van der Waals surface area contributed by atoms with Gasteiger partial charge < -0.3 is 10.5 Å². The Morgan fingerprint density at radius 1 is 1.21 bits per heavy atom. The smallest absolute Gasteiger partial charge is 0.141 e. The lowest BCUT2D eigenvalue weighted by Gasteiger charge is -2.27. The number of nitrogens with zero attached hydrogens (tertiary/aromatic N) is 1. The summed E-state index contributed by atoms with van der Waals surface area (Å²) in [4.78, 5) is 1.04. The maximum absolute atomic E-state index is 14.2.